The molecule has 2 aromatic carbocycles. The molecule has 0 saturated carbocycles. The second-order valence-electron chi connectivity index (χ2n) is 8.58. The van der Waals surface area contributed by atoms with Gasteiger partial charge in [0.05, 0.1) is 21.7 Å². The Hall–Kier alpha value is -2.54. The molecule has 156 valence electrons. The minimum atomic E-state index is -3.72. The Morgan fingerprint density at radius 2 is 1.79 bits per heavy atom. The number of carbonyl (C=O) groups excluding carboxylic acids is 1. The van der Waals surface area contributed by atoms with Crippen LogP contribution in [0.2, 0.25) is 0 Å². The number of nitrogens with zero attached hydrogens (tertiary/aromatic N) is 1. The van der Waals surface area contributed by atoms with E-state index in [0.717, 1.165) is 5.56 Å². The fourth-order valence-corrected chi connectivity index (χ4v) is 4.24. The van der Waals surface area contributed by atoms with Gasteiger partial charge in [0.2, 0.25) is 5.91 Å². The largest absolute Gasteiger partial charge is 0.490 e. The zero-order valence-corrected chi connectivity index (χ0v) is 18.3. The van der Waals surface area contributed by atoms with Crippen LogP contribution in [0.3, 0.4) is 0 Å². The number of amides is 1. The molecule has 1 aliphatic rings. The molecule has 1 aliphatic heterocycles. The number of anilines is 2. The molecule has 0 radical (unpaired) electrons. The van der Waals surface area contributed by atoms with Gasteiger partial charge in [0.15, 0.2) is 0 Å². The van der Waals surface area contributed by atoms with Crippen LogP contribution in [-0.4, -0.2) is 27.5 Å². The van der Waals surface area contributed by atoms with Crippen molar-refractivity contribution in [2.24, 2.45) is 11.3 Å². The molecular weight excluding hydrogens is 388 g/mol. The van der Waals surface area contributed by atoms with Crippen molar-refractivity contribution >= 4 is 27.3 Å². The maximum absolute atomic E-state index is 13.0. The summed E-state index contributed by atoms with van der Waals surface area (Å²) in [5.74, 6) is 0.770. The summed E-state index contributed by atoms with van der Waals surface area (Å²) in [5, 5.41) is 0. The molecule has 1 heterocycles. The van der Waals surface area contributed by atoms with Gasteiger partial charge < -0.3 is 9.64 Å². The van der Waals surface area contributed by atoms with Gasteiger partial charge in [-0.3, -0.25) is 9.52 Å². The third kappa shape index (κ3) is 4.56. The molecule has 0 saturated heterocycles. The molecule has 7 heteroatoms. The van der Waals surface area contributed by atoms with Crippen LogP contribution >= 0.6 is 0 Å². The van der Waals surface area contributed by atoms with Crippen LogP contribution in [0.5, 0.6) is 5.75 Å². The lowest BCUT2D eigenvalue weighted by atomic mass is 9.92. The van der Waals surface area contributed by atoms with Crippen LogP contribution in [0.25, 0.3) is 0 Å². The number of hydrogen-bond acceptors (Lipinski definition) is 4. The van der Waals surface area contributed by atoms with Gasteiger partial charge in [0, 0.05) is 12.6 Å². The lowest BCUT2D eigenvalue weighted by Gasteiger charge is -2.29. The number of nitrogens with one attached hydrogen (secondary N) is 1. The van der Waals surface area contributed by atoms with Gasteiger partial charge in [0.25, 0.3) is 10.0 Å². The Morgan fingerprint density at radius 3 is 2.41 bits per heavy atom. The Bertz CT molecular complexity index is 1010. The molecule has 2 aromatic rings. The van der Waals surface area contributed by atoms with E-state index in [-0.39, 0.29) is 23.3 Å². The van der Waals surface area contributed by atoms with Crippen molar-refractivity contribution in [2.75, 3.05) is 22.8 Å². The maximum atomic E-state index is 13.0. The maximum Gasteiger partial charge on any atom is 0.261 e. The zero-order chi connectivity index (χ0) is 21.4. The van der Waals surface area contributed by atoms with E-state index in [9.17, 15) is 13.2 Å². The molecule has 1 amide bonds. The Balaban J connectivity index is 1.95. The van der Waals surface area contributed by atoms with Crippen LogP contribution in [-0.2, 0) is 14.8 Å². The van der Waals surface area contributed by atoms with Crippen molar-refractivity contribution in [3.05, 3.63) is 48.0 Å². The highest BCUT2D eigenvalue weighted by Gasteiger charge is 2.38. The predicted octanol–water partition coefficient (Wildman–Crippen LogP) is 4.20. The summed E-state index contributed by atoms with van der Waals surface area (Å²) in [7, 11) is -3.72. The Kier molecular flexibility index (Phi) is 5.63. The summed E-state index contributed by atoms with van der Waals surface area (Å²) in [4.78, 5) is 15.0. The Morgan fingerprint density at radius 1 is 1.14 bits per heavy atom. The molecular formula is C22H28N2O4S. The monoisotopic (exact) mass is 416 g/mol. The van der Waals surface area contributed by atoms with Gasteiger partial charge in [-0.2, -0.15) is 0 Å². The summed E-state index contributed by atoms with van der Waals surface area (Å²) >= 11 is 0. The fraction of sp³-hybridized carbons (Fsp3) is 0.409. The van der Waals surface area contributed by atoms with E-state index in [0.29, 0.717) is 23.7 Å². The number of fused-ring (bicyclic) bond motifs is 1. The molecule has 0 bridgehead atoms. The third-order valence-electron chi connectivity index (χ3n) is 4.79. The molecule has 0 atom stereocenters. The number of aryl methyl sites for hydroxylation is 1. The average Bonchev–Trinajstić information content (AvgIpc) is 2.72. The van der Waals surface area contributed by atoms with E-state index in [1.165, 1.54) is 0 Å². The summed E-state index contributed by atoms with van der Waals surface area (Å²) < 4.78 is 33.9. The third-order valence-corrected chi connectivity index (χ3v) is 6.19. The first-order valence-corrected chi connectivity index (χ1v) is 11.2. The molecule has 3 rings (SSSR count). The molecule has 6 nitrogen and oxygen atoms in total. The standard InChI is InChI=1S/C22H28N2O4S/c1-15(2)13-24-19-11-8-17(12-20(19)28-14-22(4,5)21(24)25)23-29(26,27)18-9-6-16(3)7-10-18/h6-12,15,23H,13-14H2,1-5H3. The van der Waals surface area contributed by atoms with Crippen LogP contribution < -0.4 is 14.4 Å². The molecule has 0 aromatic heterocycles. The molecule has 0 spiro atoms. The summed E-state index contributed by atoms with van der Waals surface area (Å²) in [6.45, 7) is 10.5. The van der Waals surface area contributed by atoms with Gasteiger partial charge in [-0.25, -0.2) is 8.42 Å². The van der Waals surface area contributed by atoms with E-state index in [1.54, 1.807) is 47.4 Å². The minimum Gasteiger partial charge on any atom is -0.490 e. The number of carbonyl (C=O) groups is 1. The number of hydrogen-bond donors (Lipinski definition) is 1. The average molecular weight is 417 g/mol. The van der Waals surface area contributed by atoms with Crippen molar-refractivity contribution in [1.29, 1.82) is 0 Å². The van der Waals surface area contributed by atoms with Gasteiger partial charge in [-0.15, -0.1) is 0 Å². The quantitative estimate of drug-likeness (QED) is 0.792. The first-order valence-electron chi connectivity index (χ1n) is 9.68. The van der Waals surface area contributed by atoms with Gasteiger partial charge >= 0.3 is 0 Å². The van der Waals surface area contributed by atoms with Crippen LogP contribution in [0.15, 0.2) is 47.4 Å². The van der Waals surface area contributed by atoms with Crippen LogP contribution in [0.1, 0.15) is 33.3 Å². The number of sulfonamides is 1. The first-order chi connectivity index (χ1) is 13.5. The van der Waals surface area contributed by atoms with Gasteiger partial charge in [-0.1, -0.05) is 31.5 Å². The lowest BCUT2D eigenvalue weighted by Crippen LogP contribution is -2.43. The first kappa shape index (κ1) is 21.2. The second-order valence-corrected chi connectivity index (χ2v) is 10.3. The van der Waals surface area contributed by atoms with E-state index >= 15 is 0 Å². The fourth-order valence-electron chi connectivity index (χ4n) is 3.19. The van der Waals surface area contributed by atoms with Crippen molar-refractivity contribution < 1.29 is 17.9 Å². The van der Waals surface area contributed by atoms with E-state index in [2.05, 4.69) is 18.6 Å². The van der Waals surface area contributed by atoms with Gasteiger partial charge in [0.1, 0.15) is 12.4 Å². The minimum absolute atomic E-state index is 0.00191. The van der Waals surface area contributed by atoms with E-state index in [1.807, 2.05) is 20.8 Å². The topological polar surface area (TPSA) is 75.7 Å². The highest BCUT2D eigenvalue weighted by Crippen LogP contribution is 2.39. The number of benzene rings is 2. The van der Waals surface area contributed by atoms with E-state index in [4.69, 9.17) is 4.74 Å². The van der Waals surface area contributed by atoms with Crippen molar-refractivity contribution in [1.82, 2.24) is 0 Å². The Labute approximate surface area is 172 Å². The normalized spacial score (nSPS) is 16.2. The number of ether oxygens (including phenoxy) is 1. The lowest BCUT2D eigenvalue weighted by molar-refractivity contribution is -0.127. The van der Waals surface area contributed by atoms with Gasteiger partial charge in [-0.05, 0) is 51.0 Å². The van der Waals surface area contributed by atoms with Crippen molar-refractivity contribution in [3.8, 4) is 5.75 Å². The molecule has 0 unspecified atom stereocenters. The zero-order valence-electron chi connectivity index (χ0n) is 17.5. The summed E-state index contributed by atoms with van der Waals surface area (Å²) in [6.07, 6.45) is 0. The van der Waals surface area contributed by atoms with Crippen molar-refractivity contribution in [3.63, 3.8) is 0 Å². The highest BCUT2D eigenvalue weighted by atomic mass is 32.2. The highest BCUT2D eigenvalue weighted by molar-refractivity contribution is 7.92. The smallest absolute Gasteiger partial charge is 0.261 e. The summed E-state index contributed by atoms with van der Waals surface area (Å²) in [6, 6.07) is 11.7. The van der Waals surface area contributed by atoms with E-state index < -0.39 is 15.4 Å². The van der Waals surface area contributed by atoms with Crippen molar-refractivity contribution in [2.45, 2.75) is 39.5 Å². The SMILES string of the molecule is Cc1ccc(S(=O)(=O)Nc2ccc3c(c2)OCC(C)(C)C(=O)N3CC(C)C)cc1. The van der Waals surface area contributed by atoms with Crippen LogP contribution in [0.4, 0.5) is 11.4 Å². The molecule has 0 fully saturated rings. The predicted molar refractivity (Wildman–Crippen MR) is 115 cm³/mol. The number of rotatable bonds is 5. The van der Waals surface area contributed by atoms with Crippen LogP contribution in [0, 0.1) is 18.3 Å². The molecule has 1 N–H and O–H groups in total. The molecule has 0 aliphatic carbocycles. The molecule has 29 heavy (non-hydrogen) atoms. The second kappa shape index (κ2) is 7.71. The summed E-state index contributed by atoms with van der Waals surface area (Å²) in [5.41, 5.74) is 1.36.